The van der Waals surface area contributed by atoms with Gasteiger partial charge in [-0.15, -0.1) is 0 Å². The van der Waals surface area contributed by atoms with Crippen molar-refractivity contribution in [1.29, 1.82) is 0 Å². The van der Waals surface area contributed by atoms with E-state index >= 15 is 0 Å². The highest BCUT2D eigenvalue weighted by molar-refractivity contribution is 9.10. The molecule has 5 heteroatoms. The van der Waals surface area contributed by atoms with E-state index in [1.165, 1.54) is 7.11 Å². The summed E-state index contributed by atoms with van der Waals surface area (Å²) in [4.78, 5) is 15.4. The molecule has 0 amide bonds. The number of esters is 1. The topological polar surface area (TPSA) is 48.4 Å². The van der Waals surface area contributed by atoms with Gasteiger partial charge in [-0.2, -0.15) is 0 Å². The van der Waals surface area contributed by atoms with E-state index in [2.05, 4.69) is 20.9 Å². The van der Waals surface area contributed by atoms with Crippen LogP contribution in [0.2, 0.25) is 0 Å². The average molecular weight is 260 g/mol. The van der Waals surface area contributed by atoms with Gasteiger partial charge in [-0.3, -0.25) is 0 Å². The zero-order chi connectivity index (χ0) is 10.6. The van der Waals surface area contributed by atoms with Gasteiger partial charge in [0.25, 0.3) is 0 Å². The Morgan fingerprint density at radius 1 is 1.64 bits per heavy atom. The summed E-state index contributed by atoms with van der Waals surface area (Å²) in [5.41, 5.74) is 0.317. The van der Waals surface area contributed by atoms with Crippen molar-refractivity contribution in [3.8, 4) is 5.75 Å². The Labute approximate surface area is 90.4 Å². The molecular formula is C9H10BrNO3. The number of methoxy groups -OCH3 is 1. The standard InChI is InChI=1S/C9H10BrNO3/c1-3-14-9(12)7-6(13-2)4-5-11-8(7)10/h4-5H,3H2,1-2H3. The molecule has 1 aromatic rings. The molecule has 4 nitrogen and oxygen atoms in total. The second-order valence-electron chi connectivity index (χ2n) is 2.40. The Morgan fingerprint density at radius 3 is 2.93 bits per heavy atom. The number of hydrogen-bond donors (Lipinski definition) is 0. The van der Waals surface area contributed by atoms with Gasteiger partial charge >= 0.3 is 5.97 Å². The largest absolute Gasteiger partial charge is 0.496 e. The number of aromatic nitrogens is 1. The Balaban J connectivity index is 3.10. The fourth-order valence-electron chi connectivity index (χ4n) is 0.978. The van der Waals surface area contributed by atoms with Crippen LogP contribution in [0.3, 0.4) is 0 Å². The highest BCUT2D eigenvalue weighted by Crippen LogP contribution is 2.24. The van der Waals surface area contributed by atoms with Crippen LogP contribution in [0, 0.1) is 0 Å². The molecule has 1 aromatic heterocycles. The second-order valence-corrected chi connectivity index (χ2v) is 3.15. The van der Waals surface area contributed by atoms with E-state index in [1.807, 2.05) is 0 Å². The van der Waals surface area contributed by atoms with Crippen LogP contribution in [0.15, 0.2) is 16.9 Å². The predicted octanol–water partition coefficient (Wildman–Crippen LogP) is 2.03. The third-order valence-electron chi connectivity index (χ3n) is 1.57. The predicted molar refractivity (Wildman–Crippen MR) is 54.4 cm³/mol. The number of halogens is 1. The molecule has 0 bridgehead atoms. The van der Waals surface area contributed by atoms with Gasteiger partial charge in [0.15, 0.2) is 0 Å². The third kappa shape index (κ3) is 2.23. The number of carbonyl (C=O) groups is 1. The monoisotopic (exact) mass is 259 g/mol. The smallest absolute Gasteiger partial charge is 0.344 e. The average Bonchev–Trinajstić information content (AvgIpc) is 2.17. The van der Waals surface area contributed by atoms with E-state index in [9.17, 15) is 4.79 Å². The van der Waals surface area contributed by atoms with Gasteiger partial charge in [-0.1, -0.05) is 0 Å². The lowest BCUT2D eigenvalue weighted by Crippen LogP contribution is -2.08. The van der Waals surface area contributed by atoms with Crippen LogP contribution in [0.5, 0.6) is 5.75 Å². The van der Waals surface area contributed by atoms with Crippen LogP contribution in [-0.4, -0.2) is 24.7 Å². The van der Waals surface area contributed by atoms with Crippen LogP contribution in [-0.2, 0) is 4.74 Å². The molecule has 0 spiro atoms. The zero-order valence-electron chi connectivity index (χ0n) is 7.91. The summed E-state index contributed by atoms with van der Waals surface area (Å²) in [7, 11) is 1.49. The Morgan fingerprint density at radius 2 is 2.36 bits per heavy atom. The first-order valence-electron chi connectivity index (χ1n) is 4.06. The summed E-state index contributed by atoms with van der Waals surface area (Å²) < 4.78 is 10.3. The van der Waals surface area contributed by atoms with Crippen molar-refractivity contribution < 1.29 is 14.3 Å². The van der Waals surface area contributed by atoms with Gasteiger partial charge in [0.1, 0.15) is 15.9 Å². The van der Waals surface area contributed by atoms with E-state index in [1.54, 1.807) is 19.2 Å². The van der Waals surface area contributed by atoms with Gasteiger partial charge in [0.2, 0.25) is 0 Å². The van der Waals surface area contributed by atoms with Gasteiger partial charge in [0.05, 0.1) is 13.7 Å². The summed E-state index contributed by atoms with van der Waals surface area (Å²) in [5, 5.41) is 0. The van der Waals surface area contributed by atoms with Crippen LogP contribution in [0.1, 0.15) is 17.3 Å². The molecule has 0 saturated heterocycles. The molecule has 14 heavy (non-hydrogen) atoms. The first kappa shape index (κ1) is 11.0. The lowest BCUT2D eigenvalue weighted by atomic mass is 10.2. The van der Waals surface area contributed by atoms with Crippen LogP contribution in [0.25, 0.3) is 0 Å². The molecule has 0 aliphatic carbocycles. The molecule has 0 aromatic carbocycles. The van der Waals surface area contributed by atoms with Crippen LogP contribution < -0.4 is 4.74 Å². The summed E-state index contributed by atoms with van der Waals surface area (Å²) in [6, 6.07) is 1.61. The molecule has 0 unspecified atom stereocenters. The molecule has 0 radical (unpaired) electrons. The first-order chi connectivity index (χ1) is 6.70. The van der Waals surface area contributed by atoms with Crippen LogP contribution in [0.4, 0.5) is 0 Å². The maximum absolute atomic E-state index is 11.5. The van der Waals surface area contributed by atoms with Crippen molar-refractivity contribution in [2.75, 3.05) is 13.7 Å². The van der Waals surface area contributed by atoms with E-state index < -0.39 is 5.97 Å². The van der Waals surface area contributed by atoms with Crippen molar-refractivity contribution in [3.63, 3.8) is 0 Å². The number of nitrogens with zero attached hydrogens (tertiary/aromatic N) is 1. The lowest BCUT2D eigenvalue weighted by molar-refractivity contribution is 0.0521. The molecule has 76 valence electrons. The highest BCUT2D eigenvalue weighted by atomic mass is 79.9. The number of carbonyl (C=O) groups excluding carboxylic acids is 1. The number of rotatable bonds is 3. The molecule has 0 aliphatic rings. The molecule has 0 saturated carbocycles. The van der Waals surface area contributed by atoms with Crippen LogP contribution >= 0.6 is 15.9 Å². The minimum atomic E-state index is -0.440. The third-order valence-corrected chi connectivity index (χ3v) is 2.17. The Kier molecular flexibility index (Phi) is 3.88. The fraction of sp³-hybridized carbons (Fsp3) is 0.333. The molecular weight excluding hydrogens is 250 g/mol. The SMILES string of the molecule is CCOC(=O)c1c(OC)ccnc1Br. The molecule has 0 atom stereocenters. The maximum atomic E-state index is 11.5. The second kappa shape index (κ2) is 4.95. The van der Waals surface area contributed by atoms with Crippen molar-refractivity contribution >= 4 is 21.9 Å². The fourth-order valence-corrected chi connectivity index (χ4v) is 1.45. The lowest BCUT2D eigenvalue weighted by Gasteiger charge is -2.08. The van der Waals surface area contributed by atoms with E-state index in [0.29, 0.717) is 22.5 Å². The summed E-state index contributed by atoms with van der Waals surface area (Å²) in [6.07, 6.45) is 1.55. The van der Waals surface area contributed by atoms with Gasteiger partial charge < -0.3 is 9.47 Å². The minimum absolute atomic E-state index is 0.317. The Bertz CT molecular complexity index is 341. The summed E-state index contributed by atoms with van der Waals surface area (Å²) in [6.45, 7) is 2.07. The zero-order valence-corrected chi connectivity index (χ0v) is 9.50. The number of hydrogen-bond acceptors (Lipinski definition) is 4. The normalized spacial score (nSPS) is 9.64. The van der Waals surface area contributed by atoms with E-state index in [-0.39, 0.29) is 0 Å². The number of ether oxygens (including phenoxy) is 2. The van der Waals surface area contributed by atoms with Crippen molar-refractivity contribution in [1.82, 2.24) is 4.98 Å². The molecule has 0 aliphatic heterocycles. The van der Waals surface area contributed by atoms with E-state index in [0.717, 1.165) is 0 Å². The first-order valence-corrected chi connectivity index (χ1v) is 4.85. The number of pyridine rings is 1. The van der Waals surface area contributed by atoms with Gasteiger partial charge in [0, 0.05) is 6.20 Å². The quantitative estimate of drug-likeness (QED) is 0.616. The van der Waals surface area contributed by atoms with Crippen molar-refractivity contribution in [2.45, 2.75) is 6.92 Å². The molecule has 0 fully saturated rings. The minimum Gasteiger partial charge on any atom is -0.496 e. The van der Waals surface area contributed by atoms with Crippen molar-refractivity contribution in [2.24, 2.45) is 0 Å². The van der Waals surface area contributed by atoms with Gasteiger partial charge in [-0.05, 0) is 28.9 Å². The summed E-state index contributed by atoms with van der Waals surface area (Å²) in [5.74, 6) is 0.00894. The van der Waals surface area contributed by atoms with Gasteiger partial charge in [-0.25, -0.2) is 9.78 Å². The maximum Gasteiger partial charge on any atom is 0.344 e. The van der Waals surface area contributed by atoms with Crippen molar-refractivity contribution in [3.05, 3.63) is 22.4 Å². The van der Waals surface area contributed by atoms with E-state index in [4.69, 9.17) is 9.47 Å². The molecule has 1 heterocycles. The highest BCUT2D eigenvalue weighted by Gasteiger charge is 2.17. The summed E-state index contributed by atoms with van der Waals surface area (Å²) >= 11 is 3.17. The Hall–Kier alpha value is -1.10. The molecule has 0 N–H and O–H groups in total. The molecule has 1 rings (SSSR count).